The summed E-state index contributed by atoms with van der Waals surface area (Å²) in [6.07, 6.45) is 0. The van der Waals surface area contributed by atoms with Gasteiger partial charge in [0.05, 0.1) is 11.4 Å². The van der Waals surface area contributed by atoms with Gasteiger partial charge in [0, 0.05) is 23.4 Å². The lowest BCUT2D eigenvalue weighted by atomic mass is 9.92. The van der Waals surface area contributed by atoms with Crippen molar-refractivity contribution in [3.63, 3.8) is 0 Å². The highest BCUT2D eigenvalue weighted by Gasteiger charge is 2.17. The molecule has 4 heteroatoms. The molecule has 0 saturated heterocycles. The Hall–Kier alpha value is -1.55. The van der Waals surface area contributed by atoms with E-state index in [1.54, 1.807) is 11.8 Å². The van der Waals surface area contributed by atoms with Gasteiger partial charge in [0.25, 0.3) is 0 Å². The molecule has 3 nitrogen and oxygen atoms in total. The molecule has 0 radical (unpaired) electrons. The molecule has 106 valence electrons. The van der Waals surface area contributed by atoms with Crippen LogP contribution in [-0.4, -0.2) is 17.0 Å². The first-order valence-corrected chi connectivity index (χ1v) is 7.71. The molecular formula is C16H21N3S. The molecule has 1 N–H and O–H groups in total. The fraction of sp³-hybridized carbons (Fsp3) is 0.375. The van der Waals surface area contributed by atoms with Gasteiger partial charge < -0.3 is 5.32 Å². The minimum absolute atomic E-state index is 0.0285. The van der Waals surface area contributed by atoms with E-state index in [4.69, 9.17) is 4.98 Å². The second kappa shape index (κ2) is 6.27. The highest BCUT2D eigenvalue weighted by Crippen LogP contribution is 2.25. The quantitative estimate of drug-likeness (QED) is 0.859. The van der Waals surface area contributed by atoms with Crippen LogP contribution < -0.4 is 5.32 Å². The molecule has 20 heavy (non-hydrogen) atoms. The molecular weight excluding hydrogens is 266 g/mol. The van der Waals surface area contributed by atoms with Gasteiger partial charge in [0.15, 0.2) is 0 Å². The van der Waals surface area contributed by atoms with Crippen molar-refractivity contribution in [3.05, 3.63) is 47.9 Å². The van der Waals surface area contributed by atoms with E-state index in [1.165, 1.54) is 4.90 Å². The number of aromatic nitrogens is 2. The monoisotopic (exact) mass is 287 g/mol. The van der Waals surface area contributed by atoms with Crippen molar-refractivity contribution in [3.8, 4) is 0 Å². The third-order valence-corrected chi connectivity index (χ3v) is 3.92. The normalized spacial score (nSPS) is 11.4. The lowest BCUT2D eigenvalue weighted by Gasteiger charge is -2.19. The Bertz CT molecular complexity index is 562. The molecule has 0 atom stereocenters. The Kier molecular flexibility index (Phi) is 4.65. The summed E-state index contributed by atoms with van der Waals surface area (Å²) in [5.41, 5.74) is 1.10. The number of hydrogen-bond donors (Lipinski definition) is 1. The Labute approximate surface area is 125 Å². The van der Waals surface area contributed by atoms with Gasteiger partial charge >= 0.3 is 0 Å². The summed E-state index contributed by atoms with van der Waals surface area (Å²) < 4.78 is 0. The Balaban J connectivity index is 2.19. The number of nitrogens with zero attached hydrogens (tertiary/aromatic N) is 2. The van der Waals surface area contributed by atoms with Gasteiger partial charge in [-0.05, 0) is 12.1 Å². The average molecular weight is 287 g/mol. The van der Waals surface area contributed by atoms with Crippen molar-refractivity contribution in [1.29, 1.82) is 0 Å². The van der Waals surface area contributed by atoms with E-state index < -0.39 is 0 Å². The van der Waals surface area contributed by atoms with Crippen LogP contribution in [0.5, 0.6) is 0 Å². The maximum absolute atomic E-state index is 4.70. The summed E-state index contributed by atoms with van der Waals surface area (Å²) in [6.45, 7) is 6.51. The fourth-order valence-electron chi connectivity index (χ4n) is 1.74. The highest BCUT2D eigenvalue weighted by molar-refractivity contribution is 7.98. The summed E-state index contributed by atoms with van der Waals surface area (Å²) in [5.74, 6) is 2.53. The van der Waals surface area contributed by atoms with Crippen LogP contribution >= 0.6 is 11.8 Å². The van der Waals surface area contributed by atoms with Gasteiger partial charge in [-0.1, -0.05) is 39.0 Å². The molecule has 0 bridgehead atoms. The largest absolute Gasteiger partial charge is 0.373 e. The molecule has 2 rings (SSSR count). The Morgan fingerprint density at radius 3 is 2.40 bits per heavy atom. The second-order valence-corrected chi connectivity index (χ2v) is 6.71. The van der Waals surface area contributed by atoms with Crippen LogP contribution in [0, 0.1) is 0 Å². The smallest absolute Gasteiger partial charge is 0.141 e. The number of hydrogen-bond acceptors (Lipinski definition) is 4. The molecule has 0 fully saturated rings. The summed E-state index contributed by atoms with van der Waals surface area (Å²) in [6, 6.07) is 12.4. The third kappa shape index (κ3) is 3.97. The van der Waals surface area contributed by atoms with Crippen LogP contribution in [0.1, 0.15) is 32.3 Å². The topological polar surface area (TPSA) is 37.8 Å². The van der Waals surface area contributed by atoms with Crippen LogP contribution in [0.15, 0.2) is 41.3 Å². The van der Waals surface area contributed by atoms with E-state index in [2.05, 4.69) is 43.2 Å². The number of nitrogens with one attached hydrogen (secondary N) is 1. The Morgan fingerprint density at radius 1 is 1.10 bits per heavy atom. The molecule has 1 aromatic heterocycles. The minimum Gasteiger partial charge on any atom is -0.373 e. The first-order chi connectivity index (χ1) is 9.49. The molecule has 0 aliphatic heterocycles. The molecule has 0 amide bonds. The number of thioether (sulfide) groups is 1. The van der Waals surface area contributed by atoms with Crippen LogP contribution in [0.4, 0.5) is 5.82 Å². The minimum atomic E-state index is 0.0285. The lowest BCUT2D eigenvalue weighted by Crippen LogP contribution is -2.16. The predicted molar refractivity (Wildman–Crippen MR) is 86.3 cm³/mol. The molecule has 1 aromatic carbocycles. The summed E-state index contributed by atoms with van der Waals surface area (Å²) in [4.78, 5) is 10.5. The first-order valence-electron chi connectivity index (χ1n) is 6.73. The van der Waals surface area contributed by atoms with Crippen LogP contribution in [0.3, 0.4) is 0 Å². The molecule has 0 spiro atoms. The SMILES string of the molecule is CNc1cc(C(C)(C)C)nc(CSc2ccccc2)n1. The van der Waals surface area contributed by atoms with Crippen molar-refractivity contribution in [2.75, 3.05) is 12.4 Å². The fourth-order valence-corrected chi connectivity index (χ4v) is 2.51. The van der Waals surface area contributed by atoms with Gasteiger partial charge in [0.1, 0.15) is 11.6 Å². The maximum atomic E-state index is 4.70. The highest BCUT2D eigenvalue weighted by atomic mass is 32.2. The van der Waals surface area contributed by atoms with Crippen molar-refractivity contribution in [2.45, 2.75) is 36.8 Å². The zero-order chi connectivity index (χ0) is 14.6. The molecule has 0 aliphatic carbocycles. The van der Waals surface area contributed by atoms with E-state index in [0.29, 0.717) is 0 Å². The van der Waals surface area contributed by atoms with Crippen LogP contribution in [0.25, 0.3) is 0 Å². The summed E-state index contributed by atoms with van der Waals surface area (Å²) in [7, 11) is 1.89. The van der Waals surface area contributed by atoms with Crippen molar-refractivity contribution in [1.82, 2.24) is 9.97 Å². The predicted octanol–water partition coefficient (Wildman–Crippen LogP) is 4.11. The van der Waals surface area contributed by atoms with Crippen molar-refractivity contribution in [2.24, 2.45) is 0 Å². The van der Waals surface area contributed by atoms with Gasteiger partial charge in [0.2, 0.25) is 0 Å². The average Bonchev–Trinajstić information content (AvgIpc) is 2.45. The Morgan fingerprint density at radius 2 is 1.80 bits per heavy atom. The van der Waals surface area contributed by atoms with Gasteiger partial charge in [-0.3, -0.25) is 0 Å². The summed E-state index contributed by atoms with van der Waals surface area (Å²) >= 11 is 1.76. The van der Waals surface area contributed by atoms with Crippen molar-refractivity contribution >= 4 is 17.6 Å². The molecule has 1 heterocycles. The summed E-state index contributed by atoms with van der Waals surface area (Å²) in [5, 5.41) is 3.12. The van der Waals surface area contributed by atoms with E-state index in [1.807, 2.05) is 31.3 Å². The molecule has 0 aliphatic rings. The number of benzene rings is 1. The van der Waals surface area contributed by atoms with Crippen molar-refractivity contribution < 1.29 is 0 Å². The van der Waals surface area contributed by atoms with Gasteiger partial charge in [-0.2, -0.15) is 0 Å². The lowest BCUT2D eigenvalue weighted by molar-refractivity contribution is 0.564. The molecule has 2 aromatic rings. The standard InChI is InChI=1S/C16H21N3S/c1-16(2,3)13-10-14(17-4)19-15(18-13)11-20-12-8-6-5-7-9-12/h5-10H,11H2,1-4H3,(H,17,18,19). The third-order valence-electron chi connectivity index (χ3n) is 2.91. The second-order valence-electron chi connectivity index (χ2n) is 5.66. The van der Waals surface area contributed by atoms with Crippen LogP contribution in [-0.2, 0) is 11.2 Å². The van der Waals surface area contributed by atoms with Gasteiger partial charge in [-0.25, -0.2) is 9.97 Å². The number of anilines is 1. The van der Waals surface area contributed by atoms with E-state index in [9.17, 15) is 0 Å². The zero-order valence-corrected chi connectivity index (χ0v) is 13.3. The van der Waals surface area contributed by atoms with Gasteiger partial charge in [-0.15, -0.1) is 11.8 Å². The zero-order valence-electron chi connectivity index (χ0n) is 12.5. The van der Waals surface area contributed by atoms with E-state index in [0.717, 1.165) is 23.1 Å². The maximum Gasteiger partial charge on any atom is 0.141 e. The molecule has 0 unspecified atom stereocenters. The van der Waals surface area contributed by atoms with E-state index >= 15 is 0 Å². The number of rotatable bonds is 4. The van der Waals surface area contributed by atoms with Crippen LogP contribution in [0.2, 0.25) is 0 Å². The molecule has 0 saturated carbocycles. The van der Waals surface area contributed by atoms with E-state index in [-0.39, 0.29) is 5.41 Å². The first kappa shape index (κ1) is 14.9.